The second-order valence-electron chi connectivity index (χ2n) is 5.74. The van der Waals surface area contributed by atoms with E-state index in [1.54, 1.807) is 24.3 Å². The van der Waals surface area contributed by atoms with Crippen LogP contribution in [0.5, 0.6) is 5.75 Å². The van der Waals surface area contributed by atoms with E-state index in [9.17, 15) is 9.90 Å². The number of phenolic OH excluding ortho intramolecular Hbond substituents is 1. The first kappa shape index (κ1) is 17.2. The lowest BCUT2D eigenvalue weighted by atomic mass is 10.1. The summed E-state index contributed by atoms with van der Waals surface area (Å²) in [7, 11) is 0. The quantitative estimate of drug-likeness (QED) is 0.714. The maximum Gasteiger partial charge on any atom is 0.164 e. The van der Waals surface area contributed by atoms with Gasteiger partial charge in [0.05, 0.1) is 0 Å². The molecule has 2 aromatic rings. The fraction of sp³-hybridized carbons (Fsp3) is 0.350. The number of Topliss-reactive ketones (excluding diaryl/α,β-unsaturated/α-hetero) is 1. The standard InChI is InChI=1S/C20H25NO2/c1-2-21(15-6-9-17-7-4-3-5-8-17)16-14-20(23)18-10-12-19(22)13-11-18/h3-5,7-8,10-13,22H,2,6,9,14-16H2,1H3. The highest BCUT2D eigenvalue weighted by atomic mass is 16.3. The van der Waals surface area contributed by atoms with Crippen LogP contribution in [-0.4, -0.2) is 35.4 Å². The first-order chi connectivity index (χ1) is 11.2. The van der Waals surface area contributed by atoms with E-state index in [-0.39, 0.29) is 11.5 Å². The van der Waals surface area contributed by atoms with Gasteiger partial charge in [-0.05, 0) is 55.8 Å². The van der Waals surface area contributed by atoms with Gasteiger partial charge >= 0.3 is 0 Å². The van der Waals surface area contributed by atoms with Crippen LogP contribution in [0.15, 0.2) is 54.6 Å². The highest BCUT2D eigenvalue weighted by Crippen LogP contribution is 2.12. The summed E-state index contributed by atoms with van der Waals surface area (Å²) >= 11 is 0. The van der Waals surface area contributed by atoms with E-state index in [0.717, 1.165) is 32.5 Å². The molecule has 0 atom stereocenters. The molecule has 0 saturated carbocycles. The molecular formula is C20H25NO2. The number of aryl methyl sites for hydroxylation is 1. The smallest absolute Gasteiger partial charge is 0.164 e. The molecule has 3 nitrogen and oxygen atoms in total. The van der Waals surface area contributed by atoms with Crippen LogP contribution in [0.4, 0.5) is 0 Å². The maximum atomic E-state index is 12.2. The summed E-state index contributed by atoms with van der Waals surface area (Å²) in [6.45, 7) is 4.88. The highest BCUT2D eigenvalue weighted by molar-refractivity contribution is 5.96. The van der Waals surface area contributed by atoms with Gasteiger partial charge in [0.2, 0.25) is 0 Å². The number of benzene rings is 2. The Morgan fingerprint density at radius 1 is 1.00 bits per heavy atom. The first-order valence-electron chi connectivity index (χ1n) is 8.27. The molecule has 0 spiro atoms. The second kappa shape index (κ2) is 9.11. The van der Waals surface area contributed by atoms with E-state index in [0.29, 0.717) is 12.0 Å². The van der Waals surface area contributed by atoms with E-state index in [1.165, 1.54) is 5.56 Å². The number of hydrogen-bond acceptors (Lipinski definition) is 3. The molecule has 0 aliphatic heterocycles. The van der Waals surface area contributed by atoms with Gasteiger partial charge in [-0.25, -0.2) is 0 Å². The lowest BCUT2D eigenvalue weighted by Gasteiger charge is -2.19. The fourth-order valence-electron chi connectivity index (χ4n) is 2.63. The van der Waals surface area contributed by atoms with E-state index in [2.05, 4.69) is 36.1 Å². The van der Waals surface area contributed by atoms with Gasteiger partial charge in [0.25, 0.3) is 0 Å². The fourth-order valence-corrected chi connectivity index (χ4v) is 2.63. The highest BCUT2D eigenvalue weighted by Gasteiger charge is 2.09. The zero-order valence-electron chi connectivity index (χ0n) is 13.7. The zero-order chi connectivity index (χ0) is 16.5. The second-order valence-corrected chi connectivity index (χ2v) is 5.74. The van der Waals surface area contributed by atoms with Gasteiger partial charge in [0.1, 0.15) is 5.75 Å². The van der Waals surface area contributed by atoms with Gasteiger partial charge < -0.3 is 10.0 Å². The molecule has 2 rings (SSSR count). The Kier molecular flexibility index (Phi) is 6.82. The lowest BCUT2D eigenvalue weighted by Crippen LogP contribution is -2.27. The molecule has 0 radical (unpaired) electrons. The molecule has 0 saturated heterocycles. The Morgan fingerprint density at radius 2 is 1.70 bits per heavy atom. The Bertz CT molecular complexity index is 593. The van der Waals surface area contributed by atoms with Crippen molar-refractivity contribution in [2.24, 2.45) is 0 Å². The monoisotopic (exact) mass is 311 g/mol. The number of rotatable bonds is 9. The molecular weight excluding hydrogens is 286 g/mol. The van der Waals surface area contributed by atoms with Crippen molar-refractivity contribution in [3.8, 4) is 5.75 Å². The van der Waals surface area contributed by atoms with E-state index >= 15 is 0 Å². The van der Waals surface area contributed by atoms with Crippen molar-refractivity contribution in [3.63, 3.8) is 0 Å². The van der Waals surface area contributed by atoms with Crippen molar-refractivity contribution in [2.75, 3.05) is 19.6 Å². The maximum absolute atomic E-state index is 12.2. The number of hydrogen-bond donors (Lipinski definition) is 1. The largest absolute Gasteiger partial charge is 0.508 e. The molecule has 122 valence electrons. The van der Waals surface area contributed by atoms with Crippen LogP contribution in [-0.2, 0) is 6.42 Å². The number of phenols is 1. The lowest BCUT2D eigenvalue weighted by molar-refractivity contribution is 0.0965. The third-order valence-electron chi connectivity index (χ3n) is 4.07. The van der Waals surface area contributed by atoms with E-state index in [1.807, 2.05) is 6.07 Å². The SMILES string of the molecule is CCN(CCCc1ccccc1)CCC(=O)c1ccc(O)cc1. The first-order valence-corrected chi connectivity index (χ1v) is 8.27. The van der Waals surface area contributed by atoms with Crippen LogP contribution in [0.1, 0.15) is 35.7 Å². The number of aromatic hydroxyl groups is 1. The molecule has 2 aromatic carbocycles. The van der Waals surface area contributed by atoms with Crippen molar-refractivity contribution in [3.05, 3.63) is 65.7 Å². The summed E-state index contributed by atoms with van der Waals surface area (Å²) in [5, 5.41) is 9.27. The predicted molar refractivity (Wildman–Crippen MR) is 93.9 cm³/mol. The Balaban J connectivity index is 1.73. The van der Waals surface area contributed by atoms with Crippen LogP contribution in [0.3, 0.4) is 0 Å². The van der Waals surface area contributed by atoms with Gasteiger partial charge in [-0.2, -0.15) is 0 Å². The molecule has 3 heteroatoms. The number of carbonyl (C=O) groups excluding carboxylic acids is 1. The van der Waals surface area contributed by atoms with Crippen molar-refractivity contribution >= 4 is 5.78 Å². The molecule has 0 aliphatic rings. The van der Waals surface area contributed by atoms with Crippen LogP contribution in [0, 0.1) is 0 Å². The minimum Gasteiger partial charge on any atom is -0.508 e. The van der Waals surface area contributed by atoms with Crippen molar-refractivity contribution in [2.45, 2.75) is 26.2 Å². The van der Waals surface area contributed by atoms with Crippen molar-refractivity contribution < 1.29 is 9.90 Å². The molecule has 0 heterocycles. The topological polar surface area (TPSA) is 40.5 Å². The Morgan fingerprint density at radius 3 is 2.35 bits per heavy atom. The van der Waals surface area contributed by atoms with Crippen molar-refractivity contribution in [1.29, 1.82) is 0 Å². The van der Waals surface area contributed by atoms with Gasteiger partial charge in [-0.15, -0.1) is 0 Å². The third-order valence-corrected chi connectivity index (χ3v) is 4.07. The van der Waals surface area contributed by atoms with E-state index < -0.39 is 0 Å². The van der Waals surface area contributed by atoms with Gasteiger partial charge in [-0.3, -0.25) is 4.79 Å². The van der Waals surface area contributed by atoms with Crippen LogP contribution in [0.25, 0.3) is 0 Å². The molecule has 0 unspecified atom stereocenters. The molecule has 0 bridgehead atoms. The molecule has 0 amide bonds. The summed E-state index contributed by atoms with van der Waals surface area (Å²) < 4.78 is 0. The minimum atomic E-state index is 0.131. The minimum absolute atomic E-state index is 0.131. The number of ketones is 1. The zero-order valence-corrected chi connectivity index (χ0v) is 13.7. The molecule has 0 aliphatic carbocycles. The normalized spacial score (nSPS) is 10.9. The average molecular weight is 311 g/mol. The van der Waals surface area contributed by atoms with Crippen molar-refractivity contribution in [1.82, 2.24) is 4.90 Å². The summed E-state index contributed by atoms with van der Waals surface area (Å²) in [6.07, 6.45) is 2.69. The molecule has 23 heavy (non-hydrogen) atoms. The Hall–Kier alpha value is -2.13. The summed E-state index contributed by atoms with van der Waals surface area (Å²) in [6, 6.07) is 17.0. The summed E-state index contributed by atoms with van der Waals surface area (Å²) in [5.74, 6) is 0.323. The van der Waals surface area contributed by atoms with E-state index in [4.69, 9.17) is 0 Å². The average Bonchev–Trinajstić information content (AvgIpc) is 2.59. The van der Waals surface area contributed by atoms with Gasteiger partial charge in [0.15, 0.2) is 5.78 Å². The third kappa shape index (κ3) is 5.87. The van der Waals surface area contributed by atoms with Gasteiger partial charge in [-0.1, -0.05) is 37.3 Å². The number of nitrogens with zero attached hydrogens (tertiary/aromatic N) is 1. The van der Waals surface area contributed by atoms with Gasteiger partial charge in [0, 0.05) is 18.5 Å². The molecule has 1 N–H and O–H groups in total. The Labute approximate surface area is 138 Å². The summed E-state index contributed by atoms with van der Waals surface area (Å²) in [5.41, 5.74) is 2.03. The molecule has 0 aromatic heterocycles. The number of carbonyl (C=O) groups is 1. The molecule has 0 fully saturated rings. The predicted octanol–water partition coefficient (Wildman–Crippen LogP) is 3.92. The van der Waals surface area contributed by atoms with Crippen LogP contribution in [0.2, 0.25) is 0 Å². The van der Waals surface area contributed by atoms with Crippen LogP contribution >= 0.6 is 0 Å². The van der Waals surface area contributed by atoms with Crippen LogP contribution < -0.4 is 0 Å². The summed E-state index contributed by atoms with van der Waals surface area (Å²) in [4.78, 5) is 14.5.